The number of hydrogen-bond donors (Lipinski definition) is 1. The molecule has 26 heavy (non-hydrogen) atoms. The molecule has 3 aromatic rings. The summed E-state index contributed by atoms with van der Waals surface area (Å²) in [7, 11) is -3.90. The average Bonchev–Trinajstić information content (AvgIpc) is 2.61. The molecule has 0 fully saturated rings. The van der Waals surface area contributed by atoms with Gasteiger partial charge in [0.15, 0.2) is 21.4 Å². The molecule has 0 saturated heterocycles. The Hall–Kier alpha value is -2.66. The first-order chi connectivity index (χ1) is 12.3. The van der Waals surface area contributed by atoms with Gasteiger partial charge in [0.25, 0.3) is 0 Å². The summed E-state index contributed by atoms with van der Waals surface area (Å²) in [5.74, 6) is -1.49. The second kappa shape index (κ2) is 6.92. The van der Waals surface area contributed by atoms with Crippen molar-refractivity contribution < 1.29 is 17.9 Å². The number of aryl methyl sites for hydroxylation is 2. The van der Waals surface area contributed by atoms with E-state index in [2.05, 4.69) is 0 Å². The summed E-state index contributed by atoms with van der Waals surface area (Å²) in [6.07, 6.45) is 0. The van der Waals surface area contributed by atoms with Gasteiger partial charge in [0.1, 0.15) is 5.25 Å². The Morgan fingerprint density at radius 3 is 1.96 bits per heavy atom. The van der Waals surface area contributed by atoms with Crippen molar-refractivity contribution in [3.05, 3.63) is 94.8 Å². The summed E-state index contributed by atoms with van der Waals surface area (Å²) in [6.45, 7) is 3.76. The normalized spacial score (nSPS) is 12.7. The molecular weight excluding hydrogens is 351 g/mol. The minimum Gasteiger partial charge on any atom is -0.505 e. The maximum absolute atomic E-state index is 13.9. The van der Waals surface area contributed by atoms with Gasteiger partial charge in [-0.3, -0.25) is 0 Å². The molecule has 0 saturated carbocycles. The highest BCUT2D eigenvalue weighted by atomic mass is 32.2. The van der Waals surface area contributed by atoms with Crippen LogP contribution in [0.1, 0.15) is 27.5 Å². The van der Waals surface area contributed by atoms with E-state index in [-0.39, 0.29) is 10.5 Å². The van der Waals surface area contributed by atoms with Crippen LogP contribution in [0, 0.1) is 19.7 Å². The Balaban J connectivity index is 2.25. The highest BCUT2D eigenvalue weighted by molar-refractivity contribution is 7.92. The molecule has 0 aliphatic heterocycles. The second-order valence-corrected chi connectivity index (χ2v) is 8.36. The van der Waals surface area contributed by atoms with Crippen LogP contribution in [0.3, 0.4) is 0 Å². The Labute approximate surface area is 152 Å². The molecule has 3 rings (SSSR count). The molecule has 0 spiro atoms. The molecule has 0 radical (unpaired) electrons. The van der Waals surface area contributed by atoms with E-state index in [1.165, 1.54) is 24.3 Å². The summed E-state index contributed by atoms with van der Waals surface area (Å²) in [5.41, 5.74) is 2.40. The van der Waals surface area contributed by atoms with E-state index in [0.717, 1.165) is 17.2 Å². The molecule has 0 bridgehead atoms. The lowest BCUT2D eigenvalue weighted by Gasteiger charge is -2.20. The number of phenolic OH excluding ortho intramolecular Hbond substituents is 1. The molecule has 0 aliphatic rings. The molecule has 3 nitrogen and oxygen atoms in total. The van der Waals surface area contributed by atoms with Crippen LogP contribution in [0.15, 0.2) is 71.6 Å². The minimum absolute atomic E-state index is 0.0226. The number of rotatable bonds is 4. The fourth-order valence-corrected chi connectivity index (χ4v) is 4.70. The number of halogens is 1. The first-order valence-corrected chi connectivity index (χ1v) is 9.70. The highest BCUT2D eigenvalue weighted by Gasteiger charge is 2.33. The Kier molecular flexibility index (Phi) is 4.83. The third kappa shape index (κ3) is 3.35. The standard InChI is InChI=1S/C21H19FO3S/c1-14-6-10-16(11-7-14)21(18-4-3-5-19(22)20(18)23)26(24,25)17-12-8-15(2)9-13-17/h3-13,21,23H,1-2H3. The molecule has 3 aromatic carbocycles. The number of para-hydroxylation sites is 1. The zero-order valence-electron chi connectivity index (χ0n) is 14.5. The van der Waals surface area contributed by atoms with Gasteiger partial charge in [-0.1, -0.05) is 59.7 Å². The van der Waals surface area contributed by atoms with Crippen LogP contribution in [-0.2, 0) is 9.84 Å². The van der Waals surface area contributed by atoms with E-state index >= 15 is 0 Å². The van der Waals surface area contributed by atoms with Gasteiger partial charge in [-0.05, 0) is 37.6 Å². The third-order valence-electron chi connectivity index (χ3n) is 4.34. The number of phenols is 1. The molecule has 1 unspecified atom stereocenters. The number of hydrogen-bond acceptors (Lipinski definition) is 3. The summed E-state index contributed by atoms with van der Waals surface area (Å²) in [5, 5.41) is 8.99. The predicted molar refractivity (Wildman–Crippen MR) is 99.5 cm³/mol. The topological polar surface area (TPSA) is 54.4 Å². The maximum atomic E-state index is 13.9. The smallest absolute Gasteiger partial charge is 0.189 e. The van der Waals surface area contributed by atoms with Crippen molar-refractivity contribution in [2.24, 2.45) is 0 Å². The summed E-state index contributed by atoms with van der Waals surface area (Å²) < 4.78 is 40.6. The first kappa shape index (κ1) is 18.1. The number of sulfone groups is 1. The molecule has 1 N–H and O–H groups in total. The van der Waals surface area contributed by atoms with Crippen LogP contribution >= 0.6 is 0 Å². The van der Waals surface area contributed by atoms with Gasteiger partial charge in [-0.25, -0.2) is 12.8 Å². The minimum atomic E-state index is -3.90. The first-order valence-electron chi connectivity index (χ1n) is 8.15. The van der Waals surface area contributed by atoms with Crippen molar-refractivity contribution in [1.82, 2.24) is 0 Å². The Morgan fingerprint density at radius 2 is 1.38 bits per heavy atom. The van der Waals surface area contributed by atoms with Gasteiger partial charge in [0.2, 0.25) is 0 Å². The van der Waals surface area contributed by atoms with Crippen molar-refractivity contribution in [2.45, 2.75) is 24.0 Å². The molecule has 0 amide bonds. The fourth-order valence-electron chi connectivity index (χ4n) is 2.87. The SMILES string of the molecule is Cc1ccc(C(c2cccc(F)c2O)S(=O)(=O)c2ccc(C)cc2)cc1. The molecule has 0 heterocycles. The van der Waals surface area contributed by atoms with E-state index < -0.39 is 26.7 Å². The van der Waals surface area contributed by atoms with Crippen molar-refractivity contribution in [3.63, 3.8) is 0 Å². The lowest BCUT2D eigenvalue weighted by molar-refractivity contribution is 0.426. The van der Waals surface area contributed by atoms with Crippen LogP contribution in [-0.4, -0.2) is 13.5 Å². The summed E-state index contributed by atoms with van der Waals surface area (Å²) in [4.78, 5) is 0.123. The van der Waals surface area contributed by atoms with E-state index in [1.54, 1.807) is 36.4 Å². The number of aromatic hydroxyl groups is 1. The van der Waals surface area contributed by atoms with Crippen LogP contribution < -0.4 is 0 Å². The fraction of sp³-hybridized carbons (Fsp3) is 0.143. The number of benzene rings is 3. The molecule has 5 heteroatoms. The van der Waals surface area contributed by atoms with E-state index in [0.29, 0.717) is 5.56 Å². The summed E-state index contributed by atoms with van der Waals surface area (Å²) in [6, 6.07) is 17.4. The zero-order chi connectivity index (χ0) is 18.9. The van der Waals surface area contributed by atoms with Crippen LogP contribution in [0.4, 0.5) is 4.39 Å². The zero-order valence-corrected chi connectivity index (χ0v) is 15.3. The van der Waals surface area contributed by atoms with E-state index in [9.17, 15) is 17.9 Å². The molecular formula is C21H19FO3S. The van der Waals surface area contributed by atoms with E-state index in [4.69, 9.17) is 0 Å². The van der Waals surface area contributed by atoms with Crippen LogP contribution in [0.5, 0.6) is 5.75 Å². The van der Waals surface area contributed by atoms with Gasteiger partial charge in [-0.15, -0.1) is 0 Å². The monoisotopic (exact) mass is 370 g/mol. The molecule has 0 aromatic heterocycles. The van der Waals surface area contributed by atoms with Crippen molar-refractivity contribution in [3.8, 4) is 5.75 Å². The lowest BCUT2D eigenvalue weighted by Crippen LogP contribution is -2.16. The molecule has 0 aliphatic carbocycles. The van der Waals surface area contributed by atoms with Crippen molar-refractivity contribution in [1.29, 1.82) is 0 Å². The van der Waals surface area contributed by atoms with Gasteiger partial charge in [-0.2, -0.15) is 0 Å². The van der Waals surface area contributed by atoms with Gasteiger partial charge < -0.3 is 5.11 Å². The largest absolute Gasteiger partial charge is 0.505 e. The Morgan fingerprint density at radius 1 is 0.846 bits per heavy atom. The van der Waals surface area contributed by atoms with E-state index in [1.807, 2.05) is 13.8 Å². The quantitative estimate of drug-likeness (QED) is 0.723. The summed E-state index contributed by atoms with van der Waals surface area (Å²) >= 11 is 0. The van der Waals surface area contributed by atoms with Crippen LogP contribution in [0.2, 0.25) is 0 Å². The van der Waals surface area contributed by atoms with Crippen LogP contribution in [0.25, 0.3) is 0 Å². The predicted octanol–water partition coefficient (Wildman–Crippen LogP) is 4.71. The molecule has 1 atom stereocenters. The molecule has 134 valence electrons. The maximum Gasteiger partial charge on any atom is 0.189 e. The second-order valence-electron chi connectivity index (χ2n) is 6.33. The van der Waals surface area contributed by atoms with Gasteiger partial charge >= 0.3 is 0 Å². The Bertz CT molecular complexity index is 1020. The van der Waals surface area contributed by atoms with Crippen molar-refractivity contribution in [2.75, 3.05) is 0 Å². The van der Waals surface area contributed by atoms with Gasteiger partial charge in [0.05, 0.1) is 4.90 Å². The lowest BCUT2D eigenvalue weighted by atomic mass is 10.0. The van der Waals surface area contributed by atoms with Crippen molar-refractivity contribution >= 4 is 9.84 Å². The third-order valence-corrected chi connectivity index (χ3v) is 6.42. The average molecular weight is 370 g/mol. The van der Waals surface area contributed by atoms with Gasteiger partial charge in [0, 0.05) is 5.56 Å². The highest BCUT2D eigenvalue weighted by Crippen LogP contribution is 2.40.